The summed E-state index contributed by atoms with van der Waals surface area (Å²) in [6.45, 7) is 6.51. The van der Waals surface area contributed by atoms with E-state index in [1.807, 2.05) is 0 Å². The zero-order valence-electron chi connectivity index (χ0n) is 16.0. The molecule has 0 aromatic rings. The van der Waals surface area contributed by atoms with Gasteiger partial charge in [0.25, 0.3) is 0 Å². The summed E-state index contributed by atoms with van der Waals surface area (Å²) < 4.78 is 5.59. The van der Waals surface area contributed by atoms with Gasteiger partial charge in [0, 0.05) is 6.61 Å². The van der Waals surface area contributed by atoms with Crippen LogP contribution in [0.4, 0.5) is 0 Å². The number of allylic oxidation sites excluding steroid dienone is 2. The van der Waals surface area contributed by atoms with Crippen molar-refractivity contribution in [3.05, 3.63) is 12.2 Å². The second kappa shape index (κ2) is 15.2. The van der Waals surface area contributed by atoms with Crippen molar-refractivity contribution in [2.45, 2.75) is 104 Å². The highest BCUT2D eigenvalue weighted by atomic mass is 16.6. The molecule has 1 nitrogen and oxygen atoms in total. The molecule has 2 atom stereocenters. The van der Waals surface area contributed by atoms with Crippen LogP contribution in [0.25, 0.3) is 0 Å². The van der Waals surface area contributed by atoms with Crippen molar-refractivity contribution in [1.29, 1.82) is 0 Å². The van der Waals surface area contributed by atoms with E-state index >= 15 is 0 Å². The summed E-state index contributed by atoms with van der Waals surface area (Å²) in [7, 11) is 0. The summed E-state index contributed by atoms with van der Waals surface area (Å²) in [5, 5.41) is 0. The minimum atomic E-state index is 0.774. The normalized spacial score (nSPS) is 19.7. The Balaban J connectivity index is 1.96. The second-order valence-corrected chi connectivity index (χ2v) is 7.45. The van der Waals surface area contributed by atoms with Gasteiger partial charge in [0.15, 0.2) is 0 Å². The lowest BCUT2D eigenvalue weighted by Crippen LogP contribution is -2.12. The van der Waals surface area contributed by atoms with Gasteiger partial charge in [-0.2, -0.15) is 0 Å². The SMILES string of the molecule is CC/C=C/[C@@H](CCCCCCCCCCCCC)C1C[13CH2]O[13CH2]1. The Morgan fingerprint density at radius 3 is 2.00 bits per heavy atom. The van der Waals surface area contributed by atoms with Crippen molar-refractivity contribution in [3.8, 4) is 0 Å². The topological polar surface area (TPSA) is 9.23 Å². The first-order valence-electron chi connectivity index (χ1n) is 10.6. The first kappa shape index (κ1) is 20.7. The lowest BCUT2D eigenvalue weighted by molar-refractivity contribution is 0.176. The average Bonchev–Trinajstić information content (AvgIpc) is 3.09. The largest absolute Gasteiger partial charge is 0.381 e. The fourth-order valence-corrected chi connectivity index (χ4v) is 3.73. The van der Waals surface area contributed by atoms with Gasteiger partial charge in [-0.05, 0) is 31.1 Å². The molecule has 1 heterocycles. The first-order valence-corrected chi connectivity index (χ1v) is 10.6. The molecule has 0 spiro atoms. The number of hydrogen-bond acceptors (Lipinski definition) is 1. The first-order chi connectivity index (χ1) is 11.4. The van der Waals surface area contributed by atoms with Crippen molar-refractivity contribution in [2.75, 3.05) is 13.2 Å². The van der Waals surface area contributed by atoms with Crippen LogP contribution < -0.4 is 0 Å². The highest BCUT2D eigenvalue weighted by molar-refractivity contribution is 4.92. The summed E-state index contributed by atoms with van der Waals surface area (Å²) in [6.07, 6.45) is 24.5. The average molecular weight is 325 g/mol. The molecule has 0 saturated carbocycles. The molecule has 1 heteroatoms. The van der Waals surface area contributed by atoms with Crippen LogP contribution >= 0.6 is 0 Å². The molecule has 0 bridgehead atoms. The molecule has 136 valence electrons. The third kappa shape index (κ3) is 11.0. The van der Waals surface area contributed by atoms with Crippen molar-refractivity contribution >= 4 is 0 Å². The zero-order valence-corrected chi connectivity index (χ0v) is 16.0. The van der Waals surface area contributed by atoms with Crippen LogP contribution in [-0.2, 0) is 4.74 Å². The van der Waals surface area contributed by atoms with Crippen molar-refractivity contribution in [3.63, 3.8) is 0 Å². The summed E-state index contributed by atoms with van der Waals surface area (Å²) in [4.78, 5) is 0. The molecule has 0 aliphatic carbocycles. The summed E-state index contributed by atoms with van der Waals surface area (Å²) >= 11 is 0. The van der Waals surface area contributed by atoms with E-state index in [0.717, 1.165) is 25.0 Å². The second-order valence-electron chi connectivity index (χ2n) is 7.45. The monoisotopic (exact) mass is 324 g/mol. The van der Waals surface area contributed by atoms with E-state index in [0.29, 0.717) is 0 Å². The Morgan fingerprint density at radius 2 is 1.48 bits per heavy atom. The fraction of sp³-hybridized carbons (Fsp3) is 0.909. The number of rotatable bonds is 15. The molecule has 0 radical (unpaired) electrons. The van der Waals surface area contributed by atoms with Crippen molar-refractivity contribution < 1.29 is 4.74 Å². The van der Waals surface area contributed by atoms with Crippen LogP contribution in [0.2, 0.25) is 0 Å². The van der Waals surface area contributed by atoms with Crippen molar-refractivity contribution in [2.24, 2.45) is 11.8 Å². The number of ether oxygens (including phenoxy) is 1. The molecule has 1 saturated heterocycles. The van der Waals surface area contributed by atoms with Gasteiger partial charge in [0.1, 0.15) is 0 Å². The molecule has 0 aromatic carbocycles. The molecule has 1 unspecified atom stereocenters. The van der Waals surface area contributed by atoms with Crippen LogP contribution in [0.3, 0.4) is 0 Å². The Hall–Kier alpha value is -0.300. The quantitative estimate of drug-likeness (QED) is 0.174. The van der Waals surface area contributed by atoms with Gasteiger partial charge in [-0.1, -0.05) is 96.6 Å². The molecule has 0 N–H and O–H groups in total. The van der Waals surface area contributed by atoms with E-state index in [-0.39, 0.29) is 0 Å². The van der Waals surface area contributed by atoms with Crippen LogP contribution in [0, 0.1) is 11.8 Å². The van der Waals surface area contributed by atoms with E-state index in [4.69, 9.17) is 4.74 Å². The molecule has 23 heavy (non-hydrogen) atoms. The van der Waals surface area contributed by atoms with Gasteiger partial charge < -0.3 is 4.74 Å². The molecule has 1 aliphatic heterocycles. The van der Waals surface area contributed by atoms with Gasteiger partial charge in [-0.15, -0.1) is 0 Å². The highest BCUT2D eigenvalue weighted by Gasteiger charge is 2.23. The fourth-order valence-electron chi connectivity index (χ4n) is 3.73. The summed E-state index contributed by atoms with van der Waals surface area (Å²) in [6, 6.07) is 0. The van der Waals surface area contributed by atoms with Crippen LogP contribution in [-0.4, -0.2) is 13.2 Å². The predicted molar refractivity (Wildman–Crippen MR) is 103 cm³/mol. The van der Waals surface area contributed by atoms with Crippen molar-refractivity contribution in [1.82, 2.24) is 0 Å². The summed E-state index contributed by atoms with van der Waals surface area (Å²) in [5.41, 5.74) is 0. The standard InChI is InChI=1S/C22H42O/c1-3-5-7-8-9-10-11-12-13-14-15-17-21(16-6-4-2)22-18-19-23-20-22/h6,16,21-22H,3-5,7-15,17-20H2,1-2H3/b16-6+/t21-,22?/m0/s1/i19+1,20+1. The van der Waals surface area contributed by atoms with Gasteiger partial charge in [0.05, 0.1) is 6.61 Å². The lowest BCUT2D eigenvalue weighted by Gasteiger charge is -2.18. The van der Waals surface area contributed by atoms with Gasteiger partial charge in [-0.25, -0.2) is 0 Å². The van der Waals surface area contributed by atoms with Crippen LogP contribution in [0.5, 0.6) is 0 Å². The number of hydrogen-bond donors (Lipinski definition) is 0. The minimum absolute atomic E-state index is 0.774. The van der Waals surface area contributed by atoms with E-state index in [2.05, 4.69) is 26.0 Å². The Bertz CT molecular complexity index is 265. The smallest absolute Gasteiger partial charge is 0.0500 e. The minimum Gasteiger partial charge on any atom is -0.381 e. The Labute approximate surface area is 146 Å². The molecule has 1 aliphatic rings. The van der Waals surface area contributed by atoms with E-state index in [1.54, 1.807) is 0 Å². The molecule has 1 rings (SSSR count). The van der Waals surface area contributed by atoms with Gasteiger partial charge in [0.2, 0.25) is 0 Å². The molecule has 1 fully saturated rings. The maximum Gasteiger partial charge on any atom is 0.0500 e. The number of unbranched alkanes of at least 4 members (excludes halogenated alkanes) is 10. The lowest BCUT2D eigenvalue weighted by atomic mass is 9.91. The Kier molecular flexibility index (Phi) is 13.7. The summed E-state index contributed by atoms with van der Waals surface area (Å²) in [5.74, 6) is 1.57. The maximum atomic E-state index is 5.59. The van der Waals surface area contributed by atoms with E-state index < -0.39 is 0 Å². The van der Waals surface area contributed by atoms with E-state index in [9.17, 15) is 0 Å². The molecular weight excluding hydrogens is 282 g/mol. The van der Waals surface area contributed by atoms with Crippen LogP contribution in [0.15, 0.2) is 12.2 Å². The van der Waals surface area contributed by atoms with Gasteiger partial charge >= 0.3 is 0 Å². The Morgan fingerprint density at radius 1 is 0.870 bits per heavy atom. The van der Waals surface area contributed by atoms with Crippen LogP contribution in [0.1, 0.15) is 104 Å². The third-order valence-corrected chi connectivity index (χ3v) is 5.33. The molecular formula is C22H42O. The van der Waals surface area contributed by atoms with E-state index in [1.165, 1.54) is 89.9 Å². The zero-order chi connectivity index (χ0) is 16.6. The molecule has 0 amide bonds. The van der Waals surface area contributed by atoms with Gasteiger partial charge in [-0.3, -0.25) is 0 Å². The third-order valence-electron chi connectivity index (χ3n) is 5.33. The molecule has 0 aromatic heterocycles. The predicted octanol–water partition coefficient (Wildman–Crippen LogP) is 7.31. The highest BCUT2D eigenvalue weighted by Crippen LogP contribution is 2.28. The maximum absolute atomic E-state index is 5.59.